The van der Waals surface area contributed by atoms with Crippen molar-refractivity contribution in [2.24, 2.45) is 0 Å². The van der Waals surface area contributed by atoms with Crippen molar-refractivity contribution >= 4 is 23.4 Å². The van der Waals surface area contributed by atoms with Crippen molar-refractivity contribution in [3.8, 4) is 22.8 Å². The highest BCUT2D eigenvalue weighted by Gasteiger charge is 2.18. The number of para-hydroxylation sites is 1. The first kappa shape index (κ1) is 21.5. The Labute approximate surface area is 188 Å². The van der Waals surface area contributed by atoms with E-state index in [0.717, 1.165) is 17.0 Å². The van der Waals surface area contributed by atoms with E-state index < -0.39 is 5.82 Å². The van der Waals surface area contributed by atoms with Crippen molar-refractivity contribution in [3.05, 3.63) is 78.9 Å². The third-order valence-corrected chi connectivity index (χ3v) is 5.37. The van der Waals surface area contributed by atoms with Crippen LogP contribution in [0.3, 0.4) is 0 Å². The van der Waals surface area contributed by atoms with E-state index in [4.69, 9.17) is 4.74 Å². The van der Waals surface area contributed by atoms with Crippen LogP contribution in [0.1, 0.15) is 6.92 Å². The summed E-state index contributed by atoms with van der Waals surface area (Å²) in [5, 5.41) is 11.7. The number of halogens is 1. The lowest BCUT2D eigenvalue weighted by atomic mass is 10.2. The number of thioether (sulfide) groups is 1. The Hall–Kier alpha value is -3.72. The number of nitrogens with one attached hydrogen (secondary N) is 1. The number of carbonyl (C=O) groups excluding carboxylic acids is 1. The molecular weight excluding hydrogens is 429 g/mol. The van der Waals surface area contributed by atoms with Gasteiger partial charge in [0.15, 0.2) is 11.0 Å². The zero-order valence-electron chi connectivity index (χ0n) is 17.2. The highest BCUT2D eigenvalue weighted by molar-refractivity contribution is 7.99. The number of benzene rings is 2. The molecule has 0 atom stereocenters. The number of hydrogen-bond acceptors (Lipinski definition) is 6. The number of ether oxygens (including phenoxy) is 1. The van der Waals surface area contributed by atoms with E-state index in [-0.39, 0.29) is 17.3 Å². The minimum absolute atomic E-state index is 0.0382. The molecule has 2 aromatic heterocycles. The quantitative estimate of drug-likeness (QED) is 0.396. The molecule has 1 amide bonds. The van der Waals surface area contributed by atoms with Gasteiger partial charge in [-0.1, -0.05) is 23.9 Å². The van der Waals surface area contributed by atoms with Crippen LogP contribution in [-0.2, 0) is 4.79 Å². The summed E-state index contributed by atoms with van der Waals surface area (Å²) in [6.45, 7) is 2.50. The summed E-state index contributed by atoms with van der Waals surface area (Å²) in [5.74, 6) is 0.563. The molecule has 0 bridgehead atoms. The van der Waals surface area contributed by atoms with Gasteiger partial charge in [-0.3, -0.25) is 14.3 Å². The third kappa shape index (κ3) is 4.94. The number of nitrogens with zero attached hydrogens (tertiary/aromatic N) is 4. The molecule has 0 aliphatic carbocycles. The fourth-order valence-electron chi connectivity index (χ4n) is 3.02. The van der Waals surface area contributed by atoms with Crippen molar-refractivity contribution in [2.75, 3.05) is 17.7 Å². The molecule has 0 saturated carbocycles. The number of amides is 1. The summed E-state index contributed by atoms with van der Waals surface area (Å²) in [4.78, 5) is 16.6. The molecule has 2 aromatic carbocycles. The van der Waals surface area contributed by atoms with Crippen LogP contribution in [-0.4, -0.2) is 38.0 Å². The molecule has 0 unspecified atom stereocenters. The minimum Gasteiger partial charge on any atom is -0.494 e. The second-order valence-corrected chi connectivity index (χ2v) is 7.57. The zero-order chi connectivity index (χ0) is 22.3. The van der Waals surface area contributed by atoms with Crippen LogP contribution in [0.15, 0.2) is 78.2 Å². The fraction of sp³-hybridized carbons (Fsp3) is 0.130. The van der Waals surface area contributed by atoms with Gasteiger partial charge in [0.25, 0.3) is 0 Å². The molecule has 9 heteroatoms. The smallest absolute Gasteiger partial charge is 0.234 e. The van der Waals surface area contributed by atoms with Crippen LogP contribution in [0.4, 0.5) is 10.1 Å². The monoisotopic (exact) mass is 449 g/mol. The predicted molar refractivity (Wildman–Crippen MR) is 122 cm³/mol. The molecule has 162 valence electrons. The molecular formula is C23H20FN5O2S. The van der Waals surface area contributed by atoms with E-state index in [1.165, 1.54) is 23.9 Å². The van der Waals surface area contributed by atoms with Crippen LogP contribution in [0, 0.1) is 5.82 Å². The first-order valence-corrected chi connectivity index (χ1v) is 10.9. The highest BCUT2D eigenvalue weighted by atomic mass is 32.2. The molecule has 0 spiro atoms. The van der Waals surface area contributed by atoms with E-state index in [1.54, 1.807) is 24.5 Å². The Morgan fingerprint density at radius 3 is 2.62 bits per heavy atom. The molecule has 0 fully saturated rings. The van der Waals surface area contributed by atoms with Gasteiger partial charge >= 0.3 is 0 Å². The second kappa shape index (κ2) is 10.1. The molecule has 4 rings (SSSR count). The number of carbonyl (C=O) groups is 1. The molecule has 0 aliphatic rings. The number of rotatable bonds is 8. The summed E-state index contributed by atoms with van der Waals surface area (Å²) >= 11 is 1.21. The summed E-state index contributed by atoms with van der Waals surface area (Å²) in [6, 6.07) is 17.3. The summed E-state index contributed by atoms with van der Waals surface area (Å²) in [7, 11) is 0. The second-order valence-electron chi connectivity index (χ2n) is 6.63. The van der Waals surface area contributed by atoms with Crippen molar-refractivity contribution in [3.63, 3.8) is 0 Å². The first-order valence-electron chi connectivity index (χ1n) is 9.92. The van der Waals surface area contributed by atoms with Crippen LogP contribution >= 0.6 is 11.8 Å². The molecule has 2 heterocycles. The van der Waals surface area contributed by atoms with Crippen LogP contribution in [0.2, 0.25) is 0 Å². The normalized spacial score (nSPS) is 10.7. The number of hydrogen-bond donors (Lipinski definition) is 1. The van der Waals surface area contributed by atoms with Gasteiger partial charge in [0.2, 0.25) is 5.91 Å². The Bertz CT molecular complexity index is 1200. The van der Waals surface area contributed by atoms with Gasteiger partial charge in [-0.25, -0.2) is 4.39 Å². The van der Waals surface area contributed by atoms with Crippen LogP contribution in [0.5, 0.6) is 5.75 Å². The summed E-state index contributed by atoms with van der Waals surface area (Å²) in [5.41, 5.74) is 1.74. The molecule has 1 N–H and O–H groups in total. The Morgan fingerprint density at radius 2 is 1.91 bits per heavy atom. The fourth-order valence-corrected chi connectivity index (χ4v) is 3.77. The molecule has 0 saturated heterocycles. The van der Waals surface area contributed by atoms with Crippen molar-refractivity contribution < 1.29 is 13.9 Å². The summed E-state index contributed by atoms with van der Waals surface area (Å²) < 4.78 is 21.2. The summed E-state index contributed by atoms with van der Waals surface area (Å²) in [6.07, 6.45) is 3.39. The lowest BCUT2D eigenvalue weighted by Crippen LogP contribution is -2.15. The van der Waals surface area contributed by atoms with Gasteiger partial charge in [-0.15, -0.1) is 10.2 Å². The Morgan fingerprint density at radius 1 is 1.09 bits per heavy atom. The molecule has 7 nitrogen and oxygen atoms in total. The van der Waals surface area contributed by atoms with Crippen molar-refractivity contribution in [1.29, 1.82) is 0 Å². The Balaban J connectivity index is 1.60. The molecule has 4 aromatic rings. The molecule has 32 heavy (non-hydrogen) atoms. The lowest BCUT2D eigenvalue weighted by molar-refractivity contribution is -0.113. The predicted octanol–water partition coefficient (Wildman–Crippen LogP) is 4.60. The zero-order valence-corrected chi connectivity index (χ0v) is 18.1. The Kier molecular flexibility index (Phi) is 6.76. The molecule has 0 radical (unpaired) electrons. The topological polar surface area (TPSA) is 81.9 Å². The van der Waals surface area contributed by atoms with Gasteiger partial charge in [0.05, 0.1) is 18.0 Å². The molecule has 0 aliphatic heterocycles. The SMILES string of the molecule is CCOc1ccc(-n2c(SCC(=O)Nc3ccccc3F)nnc2-c2cccnc2)cc1. The number of pyridine rings is 1. The maximum absolute atomic E-state index is 13.8. The largest absolute Gasteiger partial charge is 0.494 e. The minimum atomic E-state index is -0.484. The standard InChI is InChI=1S/C23H20FN5O2S/c1-2-31-18-11-9-17(10-12-18)29-22(16-6-5-13-25-14-16)27-28-23(29)32-15-21(30)26-20-8-4-3-7-19(20)24/h3-14H,2,15H2,1H3,(H,26,30). The van der Waals surface area contributed by atoms with Gasteiger partial charge in [0, 0.05) is 23.6 Å². The maximum atomic E-state index is 13.8. The van der Waals surface area contributed by atoms with Crippen LogP contribution < -0.4 is 10.1 Å². The van der Waals surface area contributed by atoms with E-state index in [9.17, 15) is 9.18 Å². The van der Waals surface area contributed by atoms with Gasteiger partial charge < -0.3 is 10.1 Å². The highest BCUT2D eigenvalue weighted by Crippen LogP contribution is 2.28. The van der Waals surface area contributed by atoms with Crippen molar-refractivity contribution in [2.45, 2.75) is 12.1 Å². The average molecular weight is 450 g/mol. The van der Waals surface area contributed by atoms with E-state index in [1.807, 2.05) is 47.9 Å². The van der Waals surface area contributed by atoms with Crippen molar-refractivity contribution in [1.82, 2.24) is 19.7 Å². The van der Waals surface area contributed by atoms with E-state index in [0.29, 0.717) is 17.6 Å². The van der Waals surface area contributed by atoms with Gasteiger partial charge in [-0.05, 0) is 55.5 Å². The maximum Gasteiger partial charge on any atom is 0.234 e. The van der Waals surface area contributed by atoms with Gasteiger partial charge in [-0.2, -0.15) is 0 Å². The number of anilines is 1. The van der Waals surface area contributed by atoms with Gasteiger partial charge in [0.1, 0.15) is 11.6 Å². The van der Waals surface area contributed by atoms with E-state index in [2.05, 4.69) is 20.5 Å². The average Bonchev–Trinajstić information content (AvgIpc) is 3.24. The number of aromatic nitrogens is 4. The third-order valence-electron chi connectivity index (χ3n) is 4.44. The van der Waals surface area contributed by atoms with E-state index >= 15 is 0 Å². The van der Waals surface area contributed by atoms with Crippen LogP contribution in [0.25, 0.3) is 17.1 Å². The first-order chi connectivity index (χ1) is 15.7. The lowest BCUT2D eigenvalue weighted by Gasteiger charge is -2.11.